The zero-order chi connectivity index (χ0) is 13.3. The van der Waals surface area contributed by atoms with E-state index in [1.807, 2.05) is 4.90 Å². The van der Waals surface area contributed by atoms with Gasteiger partial charge >= 0.3 is 0 Å². The van der Waals surface area contributed by atoms with Crippen molar-refractivity contribution in [1.82, 2.24) is 9.88 Å². The van der Waals surface area contributed by atoms with Crippen molar-refractivity contribution in [3.63, 3.8) is 0 Å². The standard InChI is InChI=1S/C13H16Cl2N2O/c1-3-10-5-4-8(2)17(10)13(18)9-6-11(14)16-12(15)7-9/h6-8,10H,3-5H2,1-2H3. The molecule has 0 aromatic carbocycles. The first-order valence-corrected chi connectivity index (χ1v) is 6.94. The van der Waals surface area contributed by atoms with Crippen LogP contribution >= 0.6 is 23.2 Å². The lowest BCUT2D eigenvalue weighted by atomic mass is 10.1. The maximum atomic E-state index is 12.5. The lowest BCUT2D eigenvalue weighted by molar-refractivity contribution is 0.0676. The fourth-order valence-corrected chi connectivity index (χ4v) is 3.04. The third-order valence-corrected chi connectivity index (χ3v) is 3.89. The van der Waals surface area contributed by atoms with Gasteiger partial charge in [-0.1, -0.05) is 30.1 Å². The van der Waals surface area contributed by atoms with Crippen molar-refractivity contribution in [2.75, 3.05) is 0 Å². The van der Waals surface area contributed by atoms with Crippen molar-refractivity contribution in [2.24, 2.45) is 0 Å². The summed E-state index contributed by atoms with van der Waals surface area (Å²) in [6.45, 7) is 4.19. The fraction of sp³-hybridized carbons (Fsp3) is 0.538. The molecule has 98 valence electrons. The maximum Gasteiger partial charge on any atom is 0.254 e. The number of carbonyl (C=O) groups is 1. The molecular formula is C13H16Cl2N2O. The number of carbonyl (C=O) groups excluding carboxylic acids is 1. The van der Waals surface area contributed by atoms with Crippen LogP contribution in [0.3, 0.4) is 0 Å². The molecule has 5 heteroatoms. The van der Waals surface area contributed by atoms with Gasteiger partial charge in [0.1, 0.15) is 10.3 Å². The van der Waals surface area contributed by atoms with Gasteiger partial charge in [0, 0.05) is 17.6 Å². The van der Waals surface area contributed by atoms with E-state index in [0.717, 1.165) is 19.3 Å². The fourth-order valence-electron chi connectivity index (χ4n) is 2.58. The molecule has 2 heterocycles. The minimum atomic E-state index is -0.00181. The molecule has 1 saturated heterocycles. The van der Waals surface area contributed by atoms with Crippen LogP contribution in [0.5, 0.6) is 0 Å². The summed E-state index contributed by atoms with van der Waals surface area (Å²) in [5.41, 5.74) is 0.521. The average molecular weight is 287 g/mol. The first-order chi connectivity index (χ1) is 8.52. The molecular weight excluding hydrogens is 271 g/mol. The minimum absolute atomic E-state index is 0.00181. The topological polar surface area (TPSA) is 33.2 Å². The molecule has 0 radical (unpaired) electrons. The monoisotopic (exact) mass is 286 g/mol. The van der Waals surface area contributed by atoms with Crippen molar-refractivity contribution in [2.45, 2.75) is 45.2 Å². The van der Waals surface area contributed by atoms with E-state index in [4.69, 9.17) is 23.2 Å². The largest absolute Gasteiger partial charge is 0.333 e. The summed E-state index contributed by atoms with van der Waals surface area (Å²) < 4.78 is 0. The van der Waals surface area contributed by atoms with Gasteiger partial charge in [-0.3, -0.25) is 4.79 Å². The molecule has 2 atom stereocenters. The molecule has 1 aliphatic heterocycles. The Morgan fingerprint density at radius 2 is 2.00 bits per heavy atom. The van der Waals surface area contributed by atoms with Crippen LogP contribution in [0.15, 0.2) is 12.1 Å². The van der Waals surface area contributed by atoms with Crippen LogP contribution in [0.25, 0.3) is 0 Å². The molecule has 0 saturated carbocycles. The van der Waals surface area contributed by atoms with Crippen LogP contribution in [0.4, 0.5) is 0 Å². The minimum Gasteiger partial charge on any atom is -0.333 e. The first-order valence-electron chi connectivity index (χ1n) is 6.18. The predicted molar refractivity (Wildman–Crippen MR) is 73.2 cm³/mol. The molecule has 2 unspecified atom stereocenters. The van der Waals surface area contributed by atoms with Crippen molar-refractivity contribution in [1.29, 1.82) is 0 Å². The highest BCUT2D eigenvalue weighted by molar-refractivity contribution is 6.33. The maximum absolute atomic E-state index is 12.5. The number of nitrogens with zero attached hydrogens (tertiary/aromatic N) is 2. The SMILES string of the molecule is CCC1CCC(C)N1C(=O)c1cc(Cl)nc(Cl)c1. The van der Waals surface area contributed by atoms with E-state index in [2.05, 4.69) is 18.8 Å². The van der Waals surface area contributed by atoms with Crippen LogP contribution in [-0.4, -0.2) is 27.9 Å². The molecule has 1 aromatic rings. The summed E-state index contributed by atoms with van der Waals surface area (Å²) >= 11 is 11.7. The van der Waals surface area contributed by atoms with Gasteiger partial charge in [-0.2, -0.15) is 0 Å². The molecule has 0 spiro atoms. The third kappa shape index (κ3) is 2.62. The van der Waals surface area contributed by atoms with Gasteiger partial charge in [-0.15, -0.1) is 0 Å². The molecule has 1 amide bonds. The van der Waals surface area contributed by atoms with E-state index in [-0.39, 0.29) is 22.3 Å². The highest BCUT2D eigenvalue weighted by atomic mass is 35.5. The molecule has 0 bridgehead atoms. The predicted octanol–water partition coefficient (Wildman–Crippen LogP) is 3.79. The summed E-state index contributed by atoms with van der Waals surface area (Å²) in [7, 11) is 0. The number of amides is 1. The molecule has 1 aliphatic rings. The number of halogens is 2. The molecule has 1 fully saturated rings. The van der Waals surface area contributed by atoms with Gasteiger partial charge < -0.3 is 4.90 Å². The van der Waals surface area contributed by atoms with Crippen molar-refractivity contribution in [3.05, 3.63) is 28.0 Å². The average Bonchev–Trinajstić information content (AvgIpc) is 2.68. The summed E-state index contributed by atoms with van der Waals surface area (Å²) in [5.74, 6) is -0.00181. The van der Waals surface area contributed by atoms with Crippen molar-refractivity contribution >= 4 is 29.1 Å². The number of rotatable bonds is 2. The first kappa shape index (κ1) is 13.6. The molecule has 2 rings (SSSR count). The lowest BCUT2D eigenvalue weighted by Crippen LogP contribution is -2.39. The number of hydrogen-bond donors (Lipinski definition) is 0. The van der Waals surface area contributed by atoms with Gasteiger partial charge in [0.25, 0.3) is 5.91 Å². The Morgan fingerprint density at radius 1 is 1.39 bits per heavy atom. The van der Waals surface area contributed by atoms with E-state index >= 15 is 0 Å². The molecule has 18 heavy (non-hydrogen) atoms. The number of likely N-dealkylation sites (tertiary alicyclic amines) is 1. The Kier molecular flexibility index (Phi) is 4.13. The smallest absolute Gasteiger partial charge is 0.254 e. The van der Waals surface area contributed by atoms with Crippen LogP contribution < -0.4 is 0 Å². The van der Waals surface area contributed by atoms with Gasteiger partial charge in [-0.05, 0) is 38.3 Å². The molecule has 3 nitrogen and oxygen atoms in total. The third-order valence-electron chi connectivity index (χ3n) is 3.50. The lowest BCUT2D eigenvalue weighted by Gasteiger charge is -2.28. The van der Waals surface area contributed by atoms with E-state index in [9.17, 15) is 4.79 Å². The Labute approximate surface area is 117 Å². The normalized spacial score (nSPS) is 23.4. The Bertz CT molecular complexity index is 444. The van der Waals surface area contributed by atoms with Gasteiger partial charge in [-0.25, -0.2) is 4.98 Å². The van der Waals surface area contributed by atoms with Crippen LogP contribution in [0.2, 0.25) is 10.3 Å². The van der Waals surface area contributed by atoms with E-state index in [1.165, 1.54) is 0 Å². The molecule has 1 aromatic heterocycles. The number of aromatic nitrogens is 1. The summed E-state index contributed by atoms with van der Waals surface area (Å²) in [6.07, 6.45) is 3.09. The Hall–Kier alpha value is -0.800. The Balaban J connectivity index is 2.29. The molecule has 0 N–H and O–H groups in total. The second kappa shape index (κ2) is 5.45. The number of pyridine rings is 1. The second-order valence-corrected chi connectivity index (χ2v) is 5.48. The van der Waals surface area contributed by atoms with Crippen LogP contribution in [0.1, 0.15) is 43.5 Å². The summed E-state index contributed by atoms with van der Waals surface area (Å²) in [6, 6.07) is 3.74. The highest BCUT2D eigenvalue weighted by Crippen LogP contribution is 2.28. The van der Waals surface area contributed by atoms with E-state index in [0.29, 0.717) is 11.6 Å². The molecule has 0 aliphatic carbocycles. The van der Waals surface area contributed by atoms with Crippen LogP contribution in [-0.2, 0) is 0 Å². The summed E-state index contributed by atoms with van der Waals surface area (Å²) in [5, 5.41) is 0.511. The summed E-state index contributed by atoms with van der Waals surface area (Å²) in [4.78, 5) is 18.3. The Morgan fingerprint density at radius 3 is 2.56 bits per heavy atom. The number of hydrogen-bond acceptors (Lipinski definition) is 2. The highest BCUT2D eigenvalue weighted by Gasteiger charge is 2.33. The van der Waals surface area contributed by atoms with Crippen molar-refractivity contribution < 1.29 is 4.79 Å². The van der Waals surface area contributed by atoms with Gasteiger partial charge in [0.05, 0.1) is 0 Å². The van der Waals surface area contributed by atoms with E-state index in [1.54, 1.807) is 12.1 Å². The van der Waals surface area contributed by atoms with Crippen LogP contribution in [0, 0.1) is 0 Å². The van der Waals surface area contributed by atoms with Gasteiger partial charge in [0.15, 0.2) is 0 Å². The quantitative estimate of drug-likeness (QED) is 0.775. The zero-order valence-corrected chi connectivity index (χ0v) is 12.0. The second-order valence-electron chi connectivity index (χ2n) is 4.70. The van der Waals surface area contributed by atoms with E-state index < -0.39 is 0 Å². The van der Waals surface area contributed by atoms with Crippen molar-refractivity contribution in [3.8, 4) is 0 Å². The zero-order valence-electron chi connectivity index (χ0n) is 10.5. The van der Waals surface area contributed by atoms with Gasteiger partial charge in [0.2, 0.25) is 0 Å².